The molecule has 1 saturated heterocycles. The zero-order valence-corrected chi connectivity index (χ0v) is 16.6. The maximum Gasteiger partial charge on any atom is 0.279 e. The molecule has 2 heterocycles. The van der Waals surface area contributed by atoms with Crippen LogP contribution in [0.4, 0.5) is 0 Å². The molecule has 1 aromatic heterocycles. The van der Waals surface area contributed by atoms with Gasteiger partial charge in [0, 0.05) is 13.1 Å². The number of hydrogen-bond acceptors (Lipinski definition) is 4. The first-order chi connectivity index (χ1) is 12.2. The number of hydrogen-bond donors (Lipinski definition) is 0. The quantitative estimate of drug-likeness (QED) is 0.799. The monoisotopic (exact) mass is 395 g/mol. The predicted octanol–water partition coefficient (Wildman–Crippen LogP) is 3.26. The summed E-state index contributed by atoms with van der Waals surface area (Å²) in [5.74, 6) is 0.0816. The van der Waals surface area contributed by atoms with Gasteiger partial charge in [0.05, 0.1) is 22.0 Å². The largest absolute Gasteiger partial charge is 0.279 e. The van der Waals surface area contributed by atoms with Crippen LogP contribution in [0.3, 0.4) is 0 Å². The van der Waals surface area contributed by atoms with Crippen LogP contribution in [0.1, 0.15) is 41.5 Å². The van der Waals surface area contributed by atoms with Crippen LogP contribution in [-0.4, -0.2) is 41.5 Å². The van der Waals surface area contributed by atoms with E-state index in [0.29, 0.717) is 35.4 Å². The molecule has 3 rings (SSSR count). The summed E-state index contributed by atoms with van der Waals surface area (Å²) in [5.41, 5.74) is 0.920. The van der Waals surface area contributed by atoms with E-state index < -0.39 is 15.9 Å². The molecule has 0 spiro atoms. The Labute approximate surface area is 158 Å². The number of carbonyl (C=O) groups excluding carboxylic acids is 1. The van der Waals surface area contributed by atoms with Crippen LogP contribution >= 0.6 is 11.6 Å². The number of piperidine rings is 1. The average Bonchev–Trinajstić information content (AvgIpc) is 2.90. The summed E-state index contributed by atoms with van der Waals surface area (Å²) in [6.45, 7) is 6.33. The summed E-state index contributed by atoms with van der Waals surface area (Å²) < 4.78 is 28.8. The molecule has 0 bridgehead atoms. The zero-order valence-electron chi connectivity index (χ0n) is 15.1. The zero-order chi connectivity index (χ0) is 19.1. The van der Waals surface area contributed by atoms with Gasteiger partial charge in [-0.05, 0) is 44.7 Å². The van der Waals surface area contributed by atoms with Crippen molar-refractivity contribution in [3.05, 3.63) is 46.2 Å². The van der Waals surface area contributed by atoms with Crippen molar-refractivity contribution in [1.29, 1.82) is 0 Å². The van der Waals surface area contributed by atoms with Crippen LogP contribution in [0.2, 0.25) is 5.02 Å². The minimum Gasteiger partial charge on any atom is -0.267 e. The highest BCUT2D eigenvalue weighted by Gasteiger charge is 2.34. The molecule has 2 aromatic rings. The Morgan fingerprint density at radius 1 is 1.19 bits per heavy atom. The normalized spacial score (nSPS) is 16.8. The fraction of sp³-hybridized carbons (Fsp3) is 0.444. The first-order valence-electron chi connectivity index (χ1n) is 8.59. The highest BCUT2D eigenvalue weighted by Crippen LogP contribution is 2.28. The Morgan fingerprint density at radius 3 is 2.42 bits per heavy atom. The van der Waals surface area contributed by atoms with E-state index in [0.717, 1.165) is 17.5 Å². The van der Waals surface area contributed by atoms with Crippen molar-refractivity contribution in [2.24, 2.45) is 5.92 Å². The predicted molar refractivity (Wildman–Crippen MR) is 100 cm³/mol. The molecule has 1 aliphatic rings. The van der Waals surface area contributed by atoms with Crippen LogP contribution < -0.4 is 0 Å². The summed E-state index contributed by atoms with van der Waals surface area (Å²) in [5, 5.41) is 4.51. The van der Waals surface area contributed by atoms with Gasteiger partial charge in [-0.25, -0.2) is 8.42 Å². The molecule has 26 heavy (non-hydrogen) atoms. The lowest BCUT2D eigenvalue weighted by Crippen LogP contribution is -2.38. The third-order valence-corrected chi connectivity index (χ3v) is 7.34. The van der Waals surface area contributed by atoms with E-state index in [4.69, 9.17) is 11.6 Å². The van der Waals surface area contributed by atoms with Gasteiger partial charge >= 0.3 is 0 Å². The Balaban J connectivity index is 2.01. The SMILES string of the molecule is Cc1nn(C(=O)c2ccccc2Cl)c(C)c1S(=O)(=O)N1CCC(C)CC1. The third-order valence-electron chi connectivity index (χ3n) is 4.86. The summed E-state index contributed by atoms with van der Waals surface area (Å²) >= 11 is 6.10. The van der Waals surface area contributed by atoms with Crippen LogP contribution in [0.5, 0.6) is 0 Å². The third kappa shape index (κ3) is 3.31. The number of aryl methyl sites for hydroxylation is 1. The van der Waals surface area contributed by atoms with E-state index >= 15 is 0 Å². The van der Waals surface area contributed by atoms with Crippen molar-refractivity contribution in [2.45, 2.75) is 38.5 Å². The maximum atomic E-state index is 13.1. The maximum absolute atomic E-state index is 13.1. The molecule has 1 fully saturated rings. The van der Waals surface area contributed by atoms with E-state index in [1.54, 1.807) is 38.1 Å². The van der Waals surface area contributed by atoms with E-state index in [2.05, 4.69) is 12.0 Å². The van der Waals surface area contributed by atoms with Crippen molar-refractivity contribution in [3.8, 4) is 0 Å². The van der Waals surface area contributed by atoms with Crippen molar-refractivity contribution >= 4 is 27.5 Å². The van der Waals surface area contributed by atoms with E-state index in [9.17, 15) is 13.2 Å². The number of benzene rings is 1. The van der Waals surface area contributed by atoms with Crippen LogP contribution in [0, 0.1) is 19.8 Å². The molecule has 0 atom stereocenters. The fourth-order valence-corrected chi connectivity index (χ4v) is 5.34. The second-order valence-electron chi connectivity index (χ2n) is 6.78. The second-order valence-corrected chi connectivity index (χ2v) is 9.07. The van der Waals surface area contributed by atoms with Gasteiger partial charge in [0.2, 0.25) is 10.0 Å². The molecule has 0 unspecified atom stereocenters. The van der Waals surface area contributed by atoms with Crippen LogP contribution in [-0.2, 0) is 10.0 Å². The molecular formula is C18H22ClN3O3S. The Hall–Kier alpha value is -1.70. The summed E-state index contributed by atoms with van der Waals surface area (Å²) in [6.07, 6.45) is 1.67. The van der Waals surface area contributed by atoms with Gasteiger partial charge in [-0.1, -0.05) is 30.7 Å². The minimum atomic E-state index is -3.69. The number of rotatable bonds is 3. The van der Waals surface area contributed by atoms with Gasteiger partial charge in [-0.3, -0.25) is 4.79 Å². The molecule has 1 aliphatic heterocycles. The Morgan fingerprint density at radius 2 is 1.81 bits per heavy atom. The van der Waals surface area contributed by atoms with Crippen molar-refractivity contribution in [1.82, 2.24) is 14.1 Å². The topological polar surface area (TPSA) is 72.3 Å². The summed E-state index contributed by atoms with van der Waals surface area (Å²) in [4.78, 5) is 12.9. The first-order valence-corrected chi connectivity index (χ1v) is 10.4. The van der Waals surface area contributed by atoms with Gasteiger partial charge in [0.1, 0.15) is 4.90 Å². The standard InChI is InChI=1S/C18H22ClN3O3S/c1-12-8-10-21(11-9-12)26(24,25)17-13(2)20-22(14(17)3)18(23)15-6-4-5-7-16(15)19/h4-7,12H,8-11H2,1-3H3. The number of halogens is 1. The smallest absolute Gasteiger partial charge is 0.267 e. The Bertz CT molecular complexity index is 945. The van der Waals surface area contributed by atoms with Gasteiger partial charge in [-0.2, -0.15) is 14.1 Å². The molecule has 6 nitrogen and oxygen atoms in total. The molecule has 140 valence electrons. The van der Waals surface area contributed by atoms with E-state index in [1.807, 2.05) is 0 Å². The lowest BCUT2D eigenvalue weighted by atomic mass is 10.0. The molecule has 8 heteroatoms. The number of nitrogens with zero attached hydrogens (tertiary/aromatic N) is 3. The van der Waals surface area contributed by atoms with Crippen molar-refractivity contribution < 1.29 is 13.2 Å². The van der Waals surface area contributed by atoms with Gasteiger partial charge in [0.15, 0.2) is 0 Å². The minimum absolute atomic E-state index is 0.118. The highest BCUT2D eigenvalue weighted by molar-refractivity contribution is 7.89. The summed E-state index contributed by atoms with van der Waals surface area (Å²) in [6, 6.07) is 6.65. The van der Waals surface area contributed by atoms with Gasteiger partial charge in [0.25, 0.3) is 5.91 Å². The molecular weight excluding hydrogens is 374 g/mol. The molecule has 0 radical (unpaired) electrons. The number of aromatic nitrogens is 2. The number of carbonyl (C=O) groups is 1. The fourth-order valence-electron chi connectivity index (χ4n) is 3.30. The Kier molecular flexibility index (Phi) is 5.23. The molecule has 0 N–H and O–H groups in total. The lowest BCUT2D eigenvalue weighted by molar-refractivity contribution is 0.0942. The molecule has 0 saturated carbocycles. The van der Waals surface area contributed by atoms with E-state index in [-0.39, 0.29) is 10.5 Å². The highest BCUT2D eigenvalue weighted by atomic mass is 35.5. The van der Waals surface area contributed by atoms with Crippen LogP contribution in [0.15, 0.2) is 29.2 Å². The first kappa shape index (κ1) is 19.1. The molecule has 1 aromatic carbocycles. The second kappa shape index (κ2) is 7.13. The van der Waals surface area contributed by atoms with Crippen LogP contribution in [0.25, 0.3) is 0 Å². The van der Waals surface area contributed by atoms with Crippen molar-refractivity contribution in [3.63, 3.8) is 0 Å². The molecule has 0 aliphatic carbocycles. The molecule has 0 amide bonds. The van der Waals surface area contributed by atoms with Crippen molar-refractivity contribution in [2.75, 3.05) is 13.1 Å². The average molecular weight is 396 g/mol. The lowest BCUT2D eigenvalue weighted by Gasteiger charge is -2.29. The van der Waals surface area contributed by atoms with Gasteiger partial charge < -0.3 is 0 Å². The van der Waals surface area contributed by atoms with Gasteiger partial charge in [-0.15, -0.1) is 0 Å². The number of sulfonamides is 1. The van der Waals surface area contributed by atoms with E-state index in [1.165, 1.54) is 4.31 Å². The summed E-state index contributed by atoms with van der Waals surface area (Å²) in [7, 11) is -3.69.